The van der Waals surface area contributed by atoms with Crippen LogP contribution in [0, 0.1) is 12.7 Å². The maximum atomic E-state index is 14.3. The zero-order valence-electron chi connectivity index (χ0n) is 15.3. The second kappa shape index (κ2) is 7.59. The van der Waals surface area contributed by atoms with Crippen molar-refractivity contribution in [1.82, 2.24) is 9.78 Å². The van der Waals surface area contributed by atoms with Crippen LogP contribution in [0.3, 0.4) is 0 Å². The molecule has 1 amide bonds. The van der Waals surface area contributed by atoms with Crippen molar-refractivity contribution >= 4 is 23.4 Å². The number of hydrogen-bond acceptors (Lipinski definition) is 4. The molecule has 0 fully saturated rings. The molecule has 0 unspecified atom stereocenters. The van der Waals surface area contributed by atoms with Crippen molar-refractivity contribution in [3.05, 3.63) is 82.0 Å². The van der Waals surface area contributed by atoms with Gasteiger partial charge in [0.05, 0.1) is 5.69 Å². The minimum atomic E-state index is -0.475. The van der Waals surface area contributed by atoms with Gasteiger partial charge in [-0.05, 0) is 43.4 Å². The van der Waals surface area contributed by atoms with Gasteiger partial charge in [0, 0.05) is 23.2 Å². The first-order chi connectivity index (χ1) is 13.6. The zero-order valence-corrected chi connectivity index (χ0v) is 16.1. The van der Waals surface area contributed by atoms with Crippen LogP contribution in [0.4, 0.5) is 10.1 Å². The van der Waals surface area contributed by atoms with Crippen LogP contribution in [0.5, 0.6) is 0 Å². The highest BCUT2D eigenvalue weighted by Gasteiger charge is 2.26. The quantitative estimate of drug-likeness (QED) is 0.662. The third-order valence-corrected chi connectivity index (χ3v) is 5.72. The van der Waals surface area contributed by atoms with Gasteiger partial charge in [0.15, 0.2) is 5.69 Å². The van der Waals surface area contributed by atoms with Gasteiger partial charge < -0.3 is 4.90 Å². The normalized spacial score (nSPS) is 13.7. The number of hydrogen-bond donors (Lipinski definition) is 0. The first-order valence-electron chi connectivity index (χ1n) is 8.96. The van der Waals surface area contributed by atoms with Gasteiger partial charge in [0.25, 0.3) is 5.91 Å². The molecule has 0 atom stereocenters. The monoisotopic (exact) mass is 395 g/mol. The molecule has 0 saturated heterocycles. The highest BCUT2D eigenvalue weighted by Crippen LogP contribution is 2.34. The maximum absolute atomic E-state index is 14.3. The predicted molar refractivity (Wildman–Crippen MR) is 108 cm³/mol. The van der Waals surface area contributed by atoms with Crippen molar-refractivity contribution in [2.75, 3.05) is 17.2 Å². The molecule has 3 aromatic rings. The molecule has 0 bridgehead atoms. The molecular formula is C21H18FN3O2S. The van der Waals surface area contributed by atoms with Crippen molar-refractivity contribution in [1.29, 1.82) is 0 Å². The fourth-order valence-corrected chi connectivity index (χ4v) is 4.22. The molecule has 1 aromatic heterocycles. The number of carbonyl (C=O) groups excluding carboxylic acids is 1. The molecule has 0 saturated carbocycles. The second-order valence-corrected chi connectivity index (χ2v) is 7.63. The van der Waals surface area contributed by atoms with E-state index in [0.717, 1.165) is 22.8 Å². The van der Waals surface area contributed by atoms with Crippen molar-refractivity contribution in [2.24, 2.45) is 0 Å². The Morgan fingerprint density at radius 1 is 1.11 bits per heavy atom. The molecule has 4 rings (SSSR count). The number of nitrogens with zero attached hydrogens (tertiary/aromatic N) is 3. The molecule has 7 heteroatoms. The van der Waals surface area contributed by atoms with E-state index in [1.54, 1.807) is 41.8 Å². The molecule has 28 heavy (non-hydrogen) atoms. The molecule has 0 N–H and O–H groups in total. The van der Waals surface area contributed by atoms with Crippen molar-refractivity contribution in [2.45, 2.75) is 18.2 Å². The summed E-state index contributed by atoms with van der Waals surface area (Å²) in [4.78, 5) is 28.4. The lowest BCUT2D eigenvalue weighted by atomic mass is 10.2. The number of amides is 1. The van der Waals surface area contributed by atoms with Gasteiger partial charge in [-0.25, -0.2) is 9.07 Å². The fourth-order valence-electron chi connectivity index (χ4n) is 3.23. The number of fused-ring (bicyclic) bond motifs is 1. The van der Waals surface area contributed by atoms with E-state index in [-0.39, 0.29) is 11.4 Å². The summed E-state index contributed by atoms with van der Waals surface area (Å²) in [6.45, 7) is 2.16. The largest absolute Gasteiger partial charge is 0.306 e. The lowest BCUT2D eigenvalue weighted by molar-refractivity contribution is 0.0979. The predicted octanol–water partition coefficient (Wildman–Crippen LogP) is 3.82. The number of rotatable bonds is 2. The lowest BCUT2D eigenvalue weighted by Gasteiger charge is -2.22. The Bertz CT molecular complexity index is 1110. The summed E-state index contributed by atoms with van der Waals surface area (Å²) in [5.41, 5.74) is 0.744. The van der Waals surface area contributed by atoms with E-state index in [4.69, 9.17) is 0 Å². The summed E-state index contributed by atoms with van der Waals surface area (Å²) in [6.07, 6.45) is 0.804. The van der Waals surface area contributed by atoms with Gasteiger partial charge in [-0.3, -0.25) is 9.59 Å². The van der Waals surface area contributed by atoms with Gasteiger partial charge in [-0.1, -0.05) is 24.3 Å². The van der Waals surface area contributed by atoms with E-state index >= 15 is 0 Å². The standard InChI is InChI=1S/C21H18FN3O2S/c1-14-13-18(26)20(23-25(14)16-8-3-2-7-15(16)22)21(27)24-11-6-12-28-19-10-5-4-9-17(19)24/h2-5,7-10,13H,6,11-12H2,1H3. The SMILES string of the molecule is Cc1cc(=O)c(C(=O)N2CCCSc3ccccc32)nn1-c1ccccc1F. The minimum Gasteiger partial charge on any atom is -0.306 e. The summed E-state index contributed by atoms with van der Waals surface area (Å²) in [6, 6.07) is 15.1. The average molecular weight is 395 g/mol. The molecule has 1 aliphatic rings. The summed E-state index contributed by atoms with van der Waals surface area (Å²) >= 11 is 1.69. The van der Waals surface area contributed by atoms with Gasteiger partial charge >= 0.3 is 0 Å². The van der Waals surface area contributed by atoms with Crippen LogP contribution in [0.2, 0.25) is 0 Å². The van der Waals surface area contributed by atoms with Crippen LogP contribution >= 0.6 is 11.8 Å². The first-order valence-corrected chi connectivity index (χ1v) is 9.94. The molecule has 5 nitrogen and oxygen atoms in total. The van der Waals surface area contributed by atoms with Gasteiger partial charge in [-0.15, -0.1) is 11.8 Å². The van der Waals surface area contributed by atoms with E-state index in [2.05, 4.69) is 5.10 Å². The Morgan fingerprint density at radius 2 is 1.82 bits per heavy atom. The topological polar surface area (TPSA) is 55.2 Å². The third kappa shape index (κ3) is 3.33. The summed E-state index contributed by atoms with van der Waals surface area (Å²) in [5, 5.41) is 4.25. The van der Waals surface area contributed by atoms with Gasteiger partial charge in [0.2, 0.25) is 5.43 Å². The summed E-state index contributed by atoms with van der Waals surface area (Å²) in [5.74, 6) is -0.0524. The number of aromatic nitrogens is 2. The lowest BCUT2D eigenvalue weighted by Crippen LogP contribution is -2.37. The van der Waals surface area contributed by atoms with Crippen LogP contribution in [0.25, 0.3) is 5.69 Å². The van der Waals surface area contributed by atoms with Crippen LogP contribution in [-0.4, -0.2) is 28.0 Å². The molecule has 142 valence electrons. The molecule has 0 radical (unpaired) electrons. The minimum absolute atomic E-state index is 0.195. The van der Waals surface area contributed by atoms with Crippen LogP contribution in [0.15, 0.2) is 64.3 Å². The van der Waals surface area contributed by atoms with Crippen LogP contribution < -0.4 is 10.3 Å². The first kappa shape index (κ1) is 18.4. The van der Waals surface area contributed by atoms with E-state index in [0.29, 0.717) is 12.2 Å². The van der Waals surface area contributed by atoms with E-state index in [1.807, 2.05) is 24.3 Å². The molecule has 0 aliphatic carbocycles. The van der Waals surface area contributed by atoms with E-state index < -0.39 is 17.2 Å². The molecular weight excluding hydrogens is 377 g/mol. The molecule has 0 spiro atoms. The van der Waals surface area contributed by atoms with Crippen molar-refractivity contribution in [3.8, 4) is 5.69 Å². The Balaban J connectivity index is 1.82. The second-order valence-electron chi connectivity index (χ2n) is 6.49. The Kier molecular flexibility index (Phi) is 5.00. The van der Waals surface area contributed by atoms with Crippen molar-refractivity contribution in [3.63, 3.8) is 0 Å². The van der Waals surface area contributed by atoms with Gasteiger partial charge in [-0.2, -0.15) is 5.10 Å². The summed E-state index contributed by atoms with van der Waals surface area (Å²) in [7, 11) is 0. The number of halogens is 1. The molecule has 1 aliphatic heterocycles. The number of anilines is 1. The number of thioether (sulfide) groups is 1. The highest BCUT2D eigenvalue weighted by atomic mass is 32.2. The maximum Gasteiger partial charge on any atom is 0.282 e. The van der Waals surface area contributed by atoms with Crippen LogP contribution in [-0.2, 0) is 0 Å². The number of carbonyl (C=O) groups is 1. The third-order valence-electron chi connectivity index (χ3n) is 4.58. The number of aryl methyl sites for hydroxylation is 1. The number of benzene rings is 2. The zero-order chi connectivity index (χ0) is 19.7. The fraction of sp³-hybridized carbons (Fsp3) is 0.190. The Labute approximate surface area is 165 Å². The van der Waals surface area contributed by atoms with Crippen molar-refractivity contribution < 1.29 is 9.18 Å². The van der Waals surface area contributed by atoms with E-state index in [9.17, 15) is 14.0 Å². The van der Waals surface area contributed by atoms with E-state index in [1.165, 1.54) is 16.8 Å². The molecule has 2 aromatic carbocycles. The Hall–Kier alpha value is -2.93. The molecule has 2 heterocycles. The summed E-state index contributed by atoms with van der Waals surface area (Å²) < 4.78 is 15.6. The highest BCUT2D eigenvalue weighted by molar-refractivity contribution is 7.99. The smallest absolute Gasteiger partial charge is 0.282 e. The Morgan fingerprint density at radius 3 is 2.61 bits per heavy atom. The number of para-hydroxylation sites is 2. The van der Waals surface area contributed by atoms with Crippen LogP contribution in [0.1, 0.15) is 22.6 Å². The average Bonchev–Trinajstić information content (AvgIpc) is 2.91. The van der Waals surface area contributed by atoms with Gasteiger partial charge in [0.1, 0.15) is 11.5 Å².